The Hall–Kier alpha value is -1.54. The third kappa shape index (κ3) is 8.01. The number of morpholine rings is 1. The third-order valence-corrected chi connectivity index (χ3v) is 5.30. The van der Waals surface area contributed by atoms with Gasteiger partial charge in [0.2, 0.25) is 0 Å². The Balaban J connectivity index is 1.96. The molecule has 2 heterocycles. The maximum atomic E-state index is 12.2. The standard InChI is InChI=1S/C21H41N5O3/c1-7-22-19(26-9-8-17(15-26)25-10-12-28-13-11-25)23-14-18(16(2)3)24-20(27)29-21(4,5)6/h16-18H,7-15H2,1-6H3,(H,22,23)(H,24,27). The molecule has 2 fully saturated rings. The average molecular weight is 412 g/mol. The number of nitrogens with one attached hydrogen (secondary N) is 2. The minimum absolute atomic E-state index is 0.0730. The molecule has 0 aliphatic carbocycles. The second-order valence-corrected chi connectivity index (χ2v) is 9.23. The number of amides is 1. The first-order valence-electron chi connectivity index (χ1n) is 11.0. The molecule has 0 aromatic carbocycles. The second kappa shape index (κ2) is 11.0. The minimum Gasteiger partial charge on any atom is -0.444 e. The molecule has 0 aromatic heterocycles. The van der Waals surface area contributed by atoms with Gasteiger partial charge in [-0.2, -0.15) is 0 Å². The number of rotatable bonds is 6. The maximum Gasteiger partial charge on any atom is 0.407 e. The molecule has 2 aliphatic heterocycles. The van der Waals surface area contributed by atoms with E-state index in [0.29, 0.717) is 12.6 Å². The van der Waals surface area contributed by atoms with Crippen LogP contribution in [0.15, 0.2) is 4.99 Å². The van der Waals surface area contributed by atoms with Gasteiger partial charge in [0.25, 0.3) is 0 Å². The second-order valence-electron chi connectivity index (χ2n) is 9.23. The quantitative estimate of drug-likeness (QED) is 0.514. The van der Waals surface area contributed by atoms with Crippen LogP contribution in [0, 0.1) is 5.92 Å². The molecule has 2 unspecified atom stereocenters. The number of aliphatic imine (C=N–C) groups is 1. The van der Waals surface area contributed by atoms with Gasteiger partial charge in [-0.3, -0.25) is 9.89 Å². The zero-order chi connectivity index (χ0) is 21.4. The van der Waals surface area contributed by atoms with Gasteiger partial charge < -0.3 is 25.0 Å². The van der Waals surface area contributed by atoms with E-state index in [4.69, 9.17) is 14.5 Å². The lowest BCUT2D eigenvalue weighted by Crippen LogP contribution is -2.47. The number of likely N-dealkylation sites (tertiary alicyclic amines) is 1. The summed E-state index contributed by atoms with van der Waals surface area (Å²) < 4.78 is 10.9. The zero-order valence-electron chi connectivity index (χ0n) is 19.2. The van der Waals surface area contributed by atoms with E-state index in [1.807, 2.05) is 20.8 Å². The highest BCUT2D eigenvalue weighted by Gasteiger charge is 2.30. The van der Waals surface area contributed by atoms with Crippen molar-refractivity contribution in [3.05, 3.63) is 0 Å². The highest BCUT2D eigenvalue weighted by molar-refractivity contribution is 5.80. The first-order valence-corrected chi connectivity index (χ1v) is 11.0. The van der Waals surface area contributed by atoms with E-state index in [1.165, 1.54) is 0 Å². The van der Waals surface area contributed by atoms with Crippen LogP contribution in [0.2, 0.25) is 0 Å². The van der Waals surface area contributed by atoms with Crippen LogP contribution < -0.4 is 10.6 Å². The highest BCUT2D eigenvalue weighted by atomic mass is 16.6. The zero-order valence-corrected chi connectivity index (χ0v) is 19.2. The Labute approximate surface area is 176 Å². The van der Waals surface area contributed by atoms with Crippen molar-refractivity contribution in [3.63, 3.8) is 0 Å². The summed E-state index contributed by atoms with van der Waals surface area (Å²) in [5.41, 5.74) is -0.506. The number of guanidine groups is 1. The predicted molar refractivity (Wildman–Crippen MR) is 116 cm³/mol. The van der Waals surface area contributed by atoms with E-state index in [-0.39, 0.29) is 18.1 Å². The molecule has 0 radical (unpaired) electrons. The van der Waals surface area contributed by atoms with Gasteiger partial charge in [-0.15, -0.1) is 0 Å². The lowest BCUT2D eigenvalue weighted by molar-refractivity contribution is 0.0194. The van der Waals surface area contributed by atoms with Gasteiger partial charge in [-0.25, -0.2) is 4.79 Å². The summed E-state index contributed by atoms with van der Waals surface area (Å²) >= 11 is 0. The summed E-state index contributed by atoms with van der Waals surface area (Å²) in [4.78, 5) is 21.9. The van der Waals surface area contributed by atoms with Crippen LogP contribution in [0.25, 0.3) is 0 Å². The fraction of sp³-hybridized carbons (Fsp3) is 0.905. The van der Waals surface area contributed by atoms with E-state index in [0.717, 1.165) is 58.3 Å². The molecule has 2 saturated heterocycles. The molecule has 1 amide bonds. The van der Waals surface area contributed by atoms with E-state index >= 15 is 0 Å². The molecule has 2 N–H and O–H groups in total. The largest absolute Gasteiger partial charge is 0.444 e. The Kier molecular flexibility index (Phi) is 9.02. The monoisotopic (exact) mass is 411 g/mol. The number of nitrogens with zero attached hydrogens (tertiary/aromatic N) is 3. The number of ether oxygens (including phenoxy) is 2. The topological polar surface area (TPSA) is 78.4 Å². The molecule has 2 rings (SSSR count). The molecule has 29 heavy (non-hydrogen) atoms. The van der Waals surface area contributed by atoms with Crippen molar-refractivity contribution >= 4 is 12.1 Å². The molecule has 2 aliphatic rings. The molecular formula is C21H41N5O3. The summed E-state index contributed by atoms with van der Waals surface area (Å²) in [7, 11) is 0. The highest BCUT2D eigenvalue weighted by Crippen LogP contribution is 2.17. The molecule has 168 valence electrons. The minimum atomic E-state index is -0.506. The van der Waals surface area contributed by atoms with Crippen molar-refractivity contribution in [2.24, 2.45) is 10.9 Å². The van der Waals surface area contributed by atoms with Crippen molar-refractivity contribution in [1.82, 2.24) is 20.4 Å². The molecule has 8 heteroatoms. The van der Waals surface area contributed by atoms with Gasteiger partial charge >= 0.3 is 6.09 Å². The van der Waals surface area contributed by atoms with Gasteiger partial charge in [-0.05, 0) is 40.0 Å². The fourth-order valence-electron chi connectivity index (χ4n) is 3.67. The lowest BCUT2D eigenvalue weighted by atomic mass is 10.1. The van der Waals surface area contributed by atoms with Crippen LogP contribution in [0.3, 0.4) is 0 Å². The van der Waals surface area contributed by atoms with Crippen molar-refractivity contribution in [1.29, 1.82) is 0 Å². The predicted octanol–water partition coefficient (Wildman–Crippen LogP) is 1.91. The van der Waals surface area contributed by atoms with Crippen molar-refractivity contribution in [2.75, 3.05) is 52.5 Å². The first kappa shape index (κ1) is 23.7. The molecule has 0 bridgehead atoms. The molecule has 2 atom stereocenters. The summed E-state index contributed by atoms with van der Waals surface area (Å²) in [6.45, 7) is 18.9. The molecule has 0 aromatic rings. The van der Waals surface area contributed by atoms with Crippen LogP contribution in [-0.4, -0.2) is 92.0 Å². The van der Waals surface area contributed by atoms with Gasteiger partial charge in [0.05, 0.1) is 25.8 Å². The maximum absolute atomic E-state index is 12.2. The third-order valence-electron chi connectivity index (χ3n) is 5.30. The van der Waals surface area contributed by atoms with E-state index in [9.17, 15) is 4.79 Å². The molecule has 0 saturated carbocycles. The normalized spacial score (nSPS) is 22.7. The van der Waals surface area contributed by atoms with E-state index in [2.05, 4.69) is 41.2 Å². The van der Waals surface area contributed by atoms with Crippen LogP contribution in [-0.2, 0) is 9.47 Å². The summed E-state index contributed by atoms with van der Waals surface area (Å²) in [6.07, 6.45) is 0.763. The summed E-state index contributed by atoms with van der Waals surface area (Å²) in [6, 6.07) is 0.486. The Bertz CT molecular complexity index is 541. The number of hydrogen-bond acceptors (Lipinski definition) is 5. The Morgan fingerprint density at radius 2 is 1.93 bits per heavy atom. The summed E-state index contributed by atoms with van der Waals surface area (Å²) in [5, 5.41) is 6.41. The van der Waals surface area contributed by atoms with Crippen LogP contribution in [0.4, 0.5) is 4.79 Å². The van der Waals surface area contributed by atoms with E-state index < -0.39 is 5.60 Å². The number of carbonyl (C=O) groups excluding carboxylic acids is 1. The summed E-state index contributed by atoms with van der Waals surface area (Å²) in [5.74, 6) is 1.19. The Morgan fingerprint density at radius 3 is 2.52 bits per heavy atom. The molecule has 0 spiro atoms. The molecule has 8 nitrogen and oxygen atoms in total. The lowest BCUT2D eigenvalue weighted by Gasteiger charge is -2.32. The van der Waals surface area contributed by atoms with Crippen LogP contribution in [0.1, 0.15) is 48.0 Å². The van der Waals surface area contributed by atoms with Crippen LogP contribution in [0.5, 0.6) is 0 Å². The number of hydrogen-bond donors (Lipinski definition) is 2. The SMILES string of the molecule is CCNC(=NCC(NC(=O)OC(C)(C)C)C(C)C)N1CCC(N2CCOCC2)C1. The van der Waals surface area contributed by atoms with Crippen molar-refractivity contribution in [2.45, 2.75) is 65.6 Å². The van der Waals surface area contributed by atoms with Crippen LogP contribution >= 0.6 is 0 Å². The number of carbonyl (C=O) groups is 1. The fourth-order valence-corrected chi connectivity index (χ4v) is 3.67. The Morgan fingerprint density at radius 1 is 1.24 bits per heavy atom. The van der Waals surface area contributed by atoms with Crippen molar-refractivity contribution in [3.8, 4) is 0 Å². The number of alkyl carbamates (subject to hydrolysis) is 1. The van der Waals surface area contributed by atoms with Crippen molar-refractivity contribution < 1.29 is 14.3 Å². The average Bonchev–Trinajstić information content (AvgIpc) is 3.13. The van der Waals surface area contributed by atoms with Gasteiger partial charge in [0.15, 0.2) is 5.96 Å². The van der Waals surface area contributed by atoms with Gasteiger partial charge in [-0.1, -0.05) is 13.8 Å². The smallest absolute Gasteiger partial charge is 0.407 e. The first-order chi connectivity index (χ1) is 13.7. The van der Waals surface area contributed by atoms with Gasteiger partial charge in [0.1, 0.15) is 5.60 Å². The van der Waals surface area contributed by atoms with E-state index in [1.54, 1.807) is 0 Å². The van der Waals surface area contributed by atoms with Gasteiger partial charge in [0, 0.05) is 38.8 Å². The molecular weight excluding hydrogens is 370 g/mol.